The molecule has 1 fully saturated rings. The summed E-state index contributed by atoms with van der Waals surface area (Å²) in [5, 5.41) is 2.67. The van der Waals surface area contributed by atoms with Gasteiger partial charge in [-0.3, -0.25) is 14.4 Å². The van der Waals surface area contributed by atoms with Crippen LogP contribution in [0.3, 0.4) is 0 Å². The van der Waals surface area contributed by atoms with Crippen molar-refractivity contribution in [2.24, 2.45) is 17.6 Å². The highest BCUT2D eigenvalue weighted by molar-refractivity contribution is 5.91. The summed E-state index contributed by atoms with van der Waals surface area (Å²) in [5.74, 6) is -4.97. The molecule has 0 spiro atoms. The molecule has 1 aliphatic heterocycles. The zero-order valence-electron chi connectivity index (χ0n) is 21.5. The maximum Gasteiger partial charge on any atom is 0.389 e. The Morgan fingerprint density at radius 1 is 1.10 bits per heavy atom. The highest BCUT2D eigenvalue weighted by Gasteiger charge is 2.40. The number of halogens is 3. The van der Waals surface area contributed by atoms with Crippen molar-refractivity contribution in [3.8, 4) is 0 Å². The summed E-state index contributed by atoms with van der Waals surface area (Å²) >= 11 is 0. The van der Waals surface area contributed by atoms with Crippen LogP contribution in [0.2, 0.25) is 0 Å². The zero-order valence-corrected chi connectivity index (χ0v) is 21.5. The van der Waals surface area contributed by atoms with E-state index in [0.717, 1.165) is 12.0 Å². The number of hydrogen-bond acceptors (Lipinski definition) is 5. The van der Waals surface area contributed by atoms with Gasteiger partial charge in [0.05, 0.1) is 17.9 Å². The van der Waals surface area contributed by atoms with E-state index in [1.807, 2.05) is 30.3 Å². The quantitative estimate of drug-likeness (QED) is 0.379. The second-order valence-corrected chi connectivity index (χ2v) is 9.88. The first-order chi connectivity index (χ1) is 18.5. The summed E-state index contributed by atoms with van der Waals surface area (Å²) in [7, 11) is 0. The number of likely N-dealkylation sites (tertiary alicyclic amines) is 1. The zero-order chi connectivity index (χ0) is 28.2. The van der Waals surface area contributed by atoms with Gasteiger partial charge in [0.25, 0.3) is 0 Å². The molecule has 2 aromatic carbocycles. The molecule has 39 heavy (non-hydrogen) atoms. The minimum absolute atomic E-state index is 0.184. The van der Waals surface area contributed by atoms with Crippen molar-refractivity contribution in [3.05, 3.63) is 66.1 Å². The first-order valence-corrected chi connectivity index (χ1v) is 12.9. The predicted octanol–water partition coefficient (Wildman–Crippen LogP) is 4.82. The molecule has 3 amide bonds. The molecule has 0 saturated carbocycles. The van der Waals surface area contributed by atoms with Crippen LogP contribution in [-0.4, -0.2) is 40.3 Å². The molecular formula is C28H31F3N4O4. The number of alkyl halides is 3. The molecule has 0 radical (unpaired) electrons. The van der Waals surface area contributed by atoms with E-state index in [2.05, 4.69) is 10.3 Å². The topological polar surface area (TPSA) is 119 Å². The average molecular weight is 545 g/mol. The van der Waals surface area contributed by atoms with Crippen LogP contribution in [0.5, 0.6) is 0 Å². The number of aromatic nitrogens is 1. The summed E-state index contributed by atoms with van der Waals surface area (Å²) in [4.78, 5) is 45.3. The fourth-order valence-electron chi connectivity index (χ4n) is 5.13. The highest BCUT2D eigenvalue weighted by Crippen LogP contribution is 2.35. The van der Waals surface area contributed by atoms with Crippen LogP contribution in [0, 0.1) is 11.8 Å². The van der Waals surface area contributed by atoms with E-state index in [9.17, 15) is 27.6 Å². The van der Waals surface area contributed by atoms with Crippen LogP contribution in [-0.2, 0) is 14.4 Å². The van der Waals surface area contributed by atoms with Gasteiger partial charge in [-0.2, -0.15) is 13.2 Å². The molecule has 0 aliphatic carbocycles. The molecular weight excluding hydrogens is 513 g/mol. The van der Waals surface area contributed by atoms with Crippen LogP contribution in [0.1, 0.15) is 62.6 Å². The minimum atomic E-state index is -4.56. The number of carbonyl (C=O) groups is 3. The molecule has 1 saturated heterocycles. The van der Waals surface area contributed by atoms with Crippen molar-refractivity contribution in [3.63, 3.8) is 0 Å². The van der Waals surface area contributed by atoms with E-state index in [-0.39, 0.29) is 11.9 Å². The van der Waals surface area contributed by atoms with Crippen molar-refractivity contribution in [2.75, 3.05) is 6.54 Å². The summed E-state index contributed by atoms with van der Waals surface area (Å²) in [6, 6.07) is 15.4. The molecule has 1 unspecified atom stereocenters. The van der Waals surface area contributed by atoms with Gasteiger partial charge >= 0.3 is 6.18 Å². The van der Waals surface area contributed by atoms with E-state index >= 15 is 0 Å². The number of primary amides is 1. The van der Waals surface area contributed by atoms with Crippen molar-refractivity contribution in [2.45, 2.75) is 57.3 Å². The summed E-state index contributed by atoms with van der Waals surface area (Å²) in [5.41, 5.74) is 7.50. The van der Waals surface area contributed by atoms with Gasteiger partial charge in [-0.05, 0) is 43.9 Å². The van der Waals surface area contributed by atoms with Crippen LogP contribution in [0.15, 0.2) is 59.0 Å². The van der Waals surface area contributed by atoms with Crippen LogP contribution in [0.4, 0.5) is 13.2 Å². The van der Waals surface area contributed by atoms with E-state index < -0.39 is 61.0 Å². The number of benzene rings is 2. The van der Waals surface area contributed by atoms with Crippen molar-refractivity contribution >= 4 is 28.8 Å². The van der Waals surface area contributed by atoms with Gasteiger partial charge in [-0.25, -0.2) is 4.98 Å². The SMILES string of the molecule is C[C@H](NC(=O)[C@@H](CC(=O)N1CCC[C@@H]1c1ccccc1)C(CCC(F)(F)F)C(N)=O)c1nc2ccccc2o1. The van der Waals surface area contributed by atoms with Crippen molar-refractivity contribution < 1.29 is 32.0 Å². The monoisotopic (exact) mass is 544 g/mol. The number of amides is 3. The fraction of sp³-hybridized carbons (Fsp3) is 0.429. The summed E-state index contributed by atoms with van der Waals surface area (Å²) < 4.78 is 44.9. The molecule has 4 atom stereocenters. The number of oxazole rings is 1. The second kappa shape index (κ2) is 11.9. The molecule has 3 N–H and O–H groups in total. The number of fused-ring (bicyclic) bond motifs is 1. The maximum absolute atomic E-state index is 13.5. The molecule has 0 bridgehead atoms. The standard InChI is InChI=1S/C28H31F3N4O4/c1-17(27-34-21-10-5-6-12-23(21)39-27)33-26(38)20(19(25(32)37)13-14-28(29,30)31)16-24(36)35-15-7-11-22(35)18-8-3-2-4-9-18/h2-6,8-10,12,17,19-20,22H,7,11,13-16H2,1H3,(H2,32,37)(H,33,38)/t17-,19?,20-,22+/m0/s1. The normalized spacial score (nSPS) is 18.1. The lowest BCUT2D eigenvalue weighted by molar-refractivity contribution is -0.147. The van der Waals surface area contributed by atoms with Gasteiger partial charge in [0.1, 0.15) is 11.6 Å². The average Bonchev–Trinajstić information content (AvgIpc) is 3.55. The third-order valence-corrected chi connectivity index (χ3v) is 7.12. The first-order valence-electron chi connectivity index (χ1n) is 12.9. The van der Waals surface area contributed by atoms with Gasteiger partial charge in [0.15, 0.2) is 5.58 Å². The van der Waals surface area contributed by atoms with Crippen LogP contribution < -0.4 is 11.1 Å². The lowest BCUT2D eigenvalue weighted by atomic mass is 9.83. The molecule has 11 heteroatoms. The number of nitrogens with zero attached hydrogens (tertiary/aromatic N) is 2. The number of hydrogen-bond donors (Lipinski definition) is 2. The number of para-hydroxylation sites is 2. The van der Waals surface area contributed by atoms with E-state index in [4.69, 9.17) is 10.2 Å². The third kappa shape index (κ3) is 6.96. The number of nitrogens with one attached hydrogen (secondary N) is 1. The van der Waals surface area contributed by atoms with Gasteiger partial charge in [0.2, 0.25) is 23.6 Å². The van der Waals surface area contributed by atoms with Crippen molar-refractivity contribution in [1.82, 2.24) is 15.2 Å². The Hall–Kier alpha value is -3.89. The van der Waals surface area contributed by atoms with E-state index in [1.54, 1.807) is 36.1 Å². The predicted molar refractivity (Wildman–Crippen MR) is 137 cm³/mol. The Kier molecular flexibility index (Phi) is 8.57. The van der Waals surface area contributed by atoms with Gasteiger partial charge in [-0.15, -0.1) is 0 Å². The Balaban J connectivity index is 1.56. The minimum Gasteiger partial charge on any atom is -0.438 e. The molecule has 208 valence electrons. The number of carbonyl (C=O) groups excluding carboxylic acids is 3. The largest absolute Gasteiger partial charge is 0.438 e. The first kappa shape index (κ1) is 28.1. The molecule has 1 aromatic heterocycles. The fourth-order valence-corrected chi connectivity index (χ4v) is 5.13. The number of rotatable bonds is 10. The van der Waals surface area contributed by atoms with Crippen LogP contribution >= 0.6 is 0 Å². The highest BCUT2D eigenvalue weighted by atomic mass is 19.4. The summed E-state index contributed by atoms with van der Waals surface area (Å²) in [6.07, 6.45) is -5.57. The smallest absolute Gasteiger partial charge is 0.389 e. The Bertz CT molecular complexity index is 1280. The molecule has 4 rings (SSSR count). The summed E-state index contributed by atoms with van der Waals surface area (Å²) in [6.45, 7) is 2.04. The Morgan fingerprint density at radius 2 is 1.79 bits per heavy atom. The van der Waals surface area contributed by atoms with Gasteiger partial charge in [-0.1, -0.05) is 42.5 Å². The molecule has 1 aliphatic rings. The number of nitrogens with two attached hydrogens (primary N) is 1. The lowest BCUT2D eigenvalue weighted by Gasteiger charge is -2.30. The third-order valence-electron chi connectivity index (χ3n) is 7.12. The van der Waals surface area contributed by atoms with Crippen LogP contribution in [0.25, 0.3) is 11.1 Å². The maximum atomic E-state index is 13.5. The van der Waals surface area contributed by atoms with Crippen molar-refractivity contribution in [1.29, 1.82) is 0 Å². The molecule has 8 nitrogen and oxygen atoms in total. The molecule has 2 heterocycles. The van der Waals surface area contributed by atoms with Gasteiger partial charge in [0, 0.05) is 19.4 Å². The Labute approximate surface area is 223 Å². The van der Waals surface area contributed by atoms with Gasteiger partial charge < -0.3 is 20.4 Å². The second-order valence-electron chi connectivity index (χ2n) is 9.88. The Morgan fingerprint density at radius 3 is 2.46 bits per heavy atom. The van der Waals surface area contributed by atoms with E-state index in [1.165, 1.54) is 0 Å². The lowest BCUT2D eigenvalue weighted by Crippen LogP contribution is -2.44. The van der Waals surface area contributed by atoms with E-state index in [0.29, 0.717) is 24.1 Å². The molecule has 3 aromatic rings.